The van der Waals surface area contributed by atoms with Crippen molar-refractivity contribution in [2.45, 2.75) is 18.6 Å². The highest BCUT2D eigenvalue weighted by molar-refractivity contribution is 5.15. The third-order valence-corrected chi connectivity index (χ3v) is 3.74. The number of hydrogen-bond donors (Lipinski definition) is 1. The quantitative estimate of drug-likeness (QED) is 0.838. The Labute approximate surface area is 103 Å². The lowest BCUT2D eigenvalue weighted by molar-refractivity contribution is 0.0178. The fourth-order valence-electron chi connectivity index (χ4n) is 2.79. The van der Waals surface area contributed by atoms with E-state index < -0.39 is 0 Å². The lowest BCUT2D eigenvalue weighted by Gasteiger charge is -2.25. The van der Waals surface area contributed by atoms with E-state index in [4.69, 9.17) is 4.74 Å². The molecule has 92 valence electrons. The molecule has 1 aromatic carbocycles. The van der Waals surface area contributed by atoms with Crippen LogP contribution in [0.25, 0.3) is 0 Å². The summed E-state index contributed by atoms with van der Waals surface area (Å²) in [7, 11) is 0. The molecule has 17 heavy (non-hydrogen) atoms. The van der Waals surface area contributed by atoms with Crippen LogP contribution < -0.4 is 5.32 Å². The molecule has 1 aromatic rings. The number of rotatable bonds is 3. The predicted molar refractivity (Wildman–Crippen MR) is 68.1 cm³/mol. The predicted octanol–water partition coefficient (Wildman–Crippen LogP) is 0.902. The average Bonchev–Trinajstić information content (AvgIpc) is 2.80. The highest BCUT2D eigenvalue weighted by Crippen LogP contribution is 2.16. The third kappa shape index (κ3) is 2.68. The van der Waals surface area contributed by atoms with Gasteiger partial charge in [0.25, 0.3) is 0 Å². The van der Waals surface area contributed by atoms with Crippen molar-refractivity contribution in [1.29, 1.82) is 0 Å². The van der Waals surface area contributed by atoms with Crippen molar-refractivity contribution in [3.05, 3.63) is 35.9 Å². The van der Waals surface area contributed by atoms with Gasteiger partial charge in [-0.1, -0.05) is 30.3 Å². The number of nitrogens with one attached hydrogen (secondary N) is 1. The second-order valence-electron chi connectivity index (χ2n) is 4.97. The highest BCUT2D eigenvalue weighted by Gasteiger charge is 2.34. The van der Waals surface area contributed by atoms with Gasteiger partial charge in [-0.05, 0) is 12.0 Å². The first-order valence-corrected chi connectivity index (χ1v) is 6.53. The lowest BCUT2D eigenvalue weighted by Crippen LogP contribution is -2.47. The van der Waals surface area contributed by atoms with E-state index in [2.05, 4.69) is 40.5 Å². The van der Waals surface area contributed by atoms with Gasteiger partial charge in [-0.2, -0.15) is 0 Å². The molecule has 2 aliphatic rings. The fraction of sp³-hybridized carbons (Fsp3) is 0.571. The average molecular weight is 232 g/mol. The van der Waals surface area contributed by atoms with Gasteiger partial charge in [-0.15, -0.1) is 0 Å². The molecule has 3 heteroatoms. The fourth-order valence-corrected chi connectivity index (χ4v) is 2.79. The van der Waals surface area contributed by atoms with Crippen LogP contribution in [0.1, 0.15) is 5.56 Å². The summed E-state index contributed by atoms with van der Waals surface area (Å²) < 4.78 is 5.78. The molecule has 2 heterocycles. The number of ether oxygens (including phenoxy) is 1. The van der Waals surface area contributed by atoms with Crippen molar-refractivity contribution < 1.29 is 4.74 Å². The van der Waals surface area contributed by atoms with Crippen molar-refractivity contribution in [1.82, 2.24) is 10.2 Å². The Hall–Kier alpha value is -0.900. The second-order valence-corrected chi connectivity index (χ2v) is 4.97. The largest absolute Gasteiger partial charge is 0.374 e. The molecular weight excluding hydrogens is 212 g/mol. The molecule has 2 aliphatic heterocycles. The van der Waals surface area contributed by atoms with Crippen LogP contribution >= 0.6 is 0 Å². The van der Waals surface area contributed by atoms with Crippen LogP contribution in [-0.2, 0) is 11.2 Å². The summed E-state index contributed by atoms with van der Waals surface area (Å²) in [6.07, 6.45) is 1.56. The van der Waals surface area contributed by atoms with E-state index in [0.717, 1.165) is 39.2 Å². The van der Waals surface area contributed by atoms with E-state index in [1.165, 1.54) is 5.56 Å². The summed E-state index contributed by atoms with van der Waals surface area (Å²) in [5.41, 5.74) is 1.43. The Morgan fingerprint density at radius 3 is 2.94 bits per heavy atom. The molecule has 2 unspecified atom stereocenters. The van der Waals surface area contributed by atoms with Crippen LogP contribution in [0.4, 0.5) is 0 Å². The first-order valence-electron chi connectivity index (χ1n) is 6.53. The molecule has 0 saturated carbocycles. The summed E-state index contributed by atoms with van der Waals surface area (Å²) in [4.78, 5) is 2.51. The van der Waals surface area contributed by atoms with Crippen LogP contribution in [0.15, 0.2) is 30.3 Å². The van der Waals surface area contributed by atoms with E-state index in [-0.39, 0.29) is 0 Å². The van der Waals surface area contributed by atoms with Gasteiger partial charge in [0, 0.05) is 32.2 Å². The van der Waals surface area contributed by atoms with E-state index in [9.17, 15) is 0 Å². The molecule has 0 radical (unpaired) electrons. The van der Waals surface area contributed by atoms with Crippen molar-refractivity contribution in [2.24, 2.45) is 0 Å². The van der Waals surface area contributed by atoms with Gasteiger partial charge in [0.15, 0.2) is 0 Å². The Balaban J connectivity index is 1.50. The van der Waals surface area contributed by atoms with Gasteiger partial charge in [0.2, 0.25) is 0 Å². The molecule has 3 nitrogen and oxygen atoms in total. The van der Waals surface area contributed by atoms with Gasteiger partial charge < -0.3 is 10.1 Å². The number of nitrogens with zero attached hydrogens (tertiary/aromatic N) is 1. The van der Waals surface area contributed by atoms with Gasteiger partial charge in [0.05, 0.1) is 12.7 Å². The lowest BCUT2D eigenvalue weighted by atomic mass is 10.1. The first-order chi connectivity index (χ1) is 8.42. The van der Waals surface area contributed by atoms with Crippen molar-refractivity contribution >= 4 is 0 Å². The monoisotopic (exact) mass is 232 g/mol. The first kappa shape index (κ1) is 11.2. The van der Waals surface area contributed by atoms with Crippen LogP contribution in [-0.4, -0.2) is 49.8 Å². The number of likely N-dealkylation sites (tertiary alicyclic amines) is 1. The van der Waals surface area contributed by atoms with Gasteiger partial charge in [0.1, 0.15) is 0 Å². The molecule has 3 rings (SSSR count). The SMILES string of the molecule is c1ccc(CCN2CC3NCCOC3C2)cc1. The molecule has 2 fully saturated rings. The van der Waals surface area contributed by atoms with Crippen LogP contribution in [0.5, 0.6) is 0 Å². The minimum Gasteiger partial charge on any atom is -0.374 e. The Morgan fingerprint density at radius 2 is 2.12 bits per heavy atom. The van der Waals surface area contributed by atoms with Gasteiger partial charge in [-0.25, -0.2) is 0 Å². The summed E-state index contributed by atoms with van der Waals surface area (Å²) in [6.45, 7) is 5.24. The molecule has 1 N–H and O–H groups in total. The molecule has 2 atom stereocenters. The zero-order chi connectivity index (χ0) is 11.5. The molecular formula is C14H20N2O. The van der Waals surface area contributed by atoms with Gasteiger partial charge in [-0.3, -0.25) is 4.90 Å². The van der Waals surface area contributed by atoms with Crippen molar-refractivity contribution in [3.63, 3.8) is 0 Å². The van der Waals surface area contributed by atoms with E-state index in [1.54, 1.807) is 0 Å². The van der Waals surface area contributed by atoms with E-state index in [0.29, 0.717) is 12.1 Å². The standard InChI is InChI=1S/C14H20N2O/c1-2-4-12(5-3-1)6-8-16-10-13-14(11-16)17-9-7-15-13/h1-5,13-15H,6-11H2. The Morgan fingerprint density at radius 1 is 1.24 bits per heavy atom. The third-order valence-electron chi connectivity index (χ3n) is 3.74. The second kappa shape index (κ2) is 5.17. The normalized spacial score (nSPS) is 29.2. The summed E-state index contributed by atoms with van der Waals surface area (Å²) in [5, 5.41) is 3.54. The van der Waals surface area contributed by atoms with E-state index >= 15 is 0 Å². The highest BCUT2D eigenvalue weighted by atomic mass is 16.5. The molecule has 0 bridgehead atoms. The maximum atomic E-state index is 5.78. The van der Waals surface area contributed by atoms with Crippen molar-refractivity contribution in [2.75, 3.05) is 32.8 Å². The Kier molecular flexibility index (Phi) is 3.41. The molecule has 2 saturated heterocycles. The number of fused-ring (bicyclic) bond motifs is 1. The maximum Gasteiger partial charge on any atom is 0.0867 e. The number of benzene rings is 1. The van der Waals surface area contributed by atoms with Crippen LogP contribution in [0.2, 0.25) is 0 Å². The summed E-state index contributed by atoms with van der Waals surface area (Å²) in [5.74, 6) is 0. The molecule has 0 aromatic heterocycles. The minimum absolute atomic E-state index is 0.416. The van der Waals surface area contributed by atoms with E-state index in [1.807, 2.05) is 0 Å². The molecule has 0 spiro atoms. The topological polar surface area (TPSA) is 24.5 Å². The summed E-state index contributed by atoms with van der Waals surface area (Å²) in [6, 6.07) is 11.3. The smallest absolute Gasteiger partial charge is 0.0867 e. The van der Waals surface area contributed by atoms with Gasteiger partial charge >= 0.3 is 0 Å². The molecule has 0 amide bonds. The summed E-state index contributed by atoms with van der Waals surface area (Å²) >= 11 is 0. The van der Waals surface area contributed by atoms with Crippen LogP contribution in [0, 0.1) is 0 Å². The number of hydrogen-bond acceptors (Lipinski definition) is 3. The minimum atomic E-state index is 0.416. The number of morpholine rings is 1. The Bertz CT molecular complexity index is 340. The van der Waals surface area contributed by atoms with Crippen molar-refractivity contribution in [3.8, 4) is 0 Å². The zero-order valence-electron chi connectivity index (χ0n) is 10.1. The maximum absolute atomic E-state index is 5.78. The molecule has 0 aliphatic carbocycles. The zero-order valence-corrected chi connectivity index (χ0v) is 10.1. The van der Waals surface area contributed by atoms with Crippen LogP contribution in [0.3, 0.4) is 0 Å².